The van der Waals surface area contributed by atoms with E-state index >= 15 is 0 Å². The fourth-order valence-corrected chi connectivity index (χ4v) is 0.995. The van der Waals surface area contributed by atoms with Crippen molar-refractivity contribution in [1.29, 1.82) is 0 Å². The minimum absolute atomic E-state index is 0.702. The number of hydrogen-bond acceptors (Lipinski definition) is 0. The Hall–Kier alpha value is -0.520. The molecule has 0 saturated heterocycles. The van der Waals surface area contributed by atoms with E-state index in [0.29, 0.717) is 5.92 Å². The molecule has 0 amide bonds. The van der Waals surface area contributed by atoms with Crippen molar-refractivity contribution in [3.63, 3.8) is 0 Å². The maximum atomic E-state index is 2.31. The molecule has 0 atom stereocenters. The average Bonchev–Trinajstić information content (AvgIpc) is 1.95. The second kappa shape index (κ2) is 7.15. The van der Waals surface area contributed by atoms with Gasteiger partial charge in [0.05, 0.1) is 0 Å². The molecule has 0 fully saturated rings. The Kier molecular flexibility index (Phi) is 6.84. The first-order chi connectivity index (χ1) is 5.63. The second-order valence-corrected chi connectivity index (χ2v) is 3.88. The van der Waals surface area contributed by atoms with Crippen LogP contribution in [0.3, 0.4) is 0 Å². The van der Waals surface area contributed by atoms with Crippen LogP contribution in [0.1, 0.15) is 47.0 Å². The summed E-state index contributed by atoms with van der Waals surface area (Å²) in [5.41, 5.74) is 1.43. The van der Waals surface area contributed by atoms with E-state index in [0.717, 1.165) is 0 Å². The van der Waals surface area contributed by atoms with Gasteiger partial charge in [0, 0.05) is 0 Å². The van der Waals surface area contributed by atoms with Crippen LogP contribution in [0, 0.1) is 5.92 Å². The normalized spacial score (nSPS) is 11.1. The molecular weight excluding hydrogens is 144 g/mol. The van der Waals surface area contributed by atoms with E-state index in [1.165, 1.54) is 24.8 Å². The van der Waals surface area contributed by atoms with Gasteiger partial charge in [-0.2, -0.15) is 0 Å². The largest absolute Gasteiger partial charge is 0.0883 e. The summed E-state index contributed by atoms with van der Waals surface area (Å²) in [5.74, 6) is 0.702. The van der Waals surface area contributed by atoms with Gasteiger partial charge in [-0.1, -0.05) is 37.6 Å². The molecule has 12 heavy (non-hydrogen) atoms. The van der Waals surface area contributed by atoms with Crippen molar-refractivity contribution in [2.24, 2.45) is 5.92 Å². The molecule has 0 rings (SSSR count). The van der Waals surface area contributed by atoms with Crippen LogP contribution in [0.25, 0.3) is 0 Å². The van der Waals surface area contributed by atoms with Gasteiger partial charge >= 0.3 is 0 Å². The molecule has 0 aromatic carbocycles. The summed E-state index contributed by atoms with van der Waals surface area (Å²) < 4.78 is 0. The molecule has 0 heteroatoms. The van der Waals surface area contributed by atoms with Gasteiger partial charge in [0.1, 0.15) is 0 Å². The SMILES string of the molecule is CC(C)=CCCCC=CC(C)C. The molecule has 0 unspecified atom stereocenters. The molecular formula is C12H22. The summed E-state index contributed by atoms with van der Waals surface area (Å²) in [6.07, 6.45) is 10.6. The Morgan fingerprint density at radius 1 is 1.17 bits per heavy atom. The highest BCUT2D eigenvalue weighted by Gasteiger charge is 1.84. The standard InChI is InChI=1S/C12H22/c1-11(2)9-7-5-6-8-10-12(3)4/h7,9-11H,5-6,8H2,1-4H3. The minimum atomic E-state index is 0.702. The van der Waals surface area contributed by atoms with Crippen molar-refractivity contribution in [3.05, 3.63) is 23.8 Å². The van der Waals surface area contributed by atoms with Gasteiger partial charge in [0.25, 0.3) is 0 Å². The first-order valence-corrected chi connectivity index (χ1v) is 4.93. The summed E-state index contributed by atoms with van der Waals surface area (Å²) in [5, 5.41) is 0. The van der Waals surface area contributed by atoms with E-state index < -0.39 is 0 Å². The van der Waals surface area contributed by atoms with Crippen LogP contribution in [0.4, 0.5) is 0 Å². The zero-order valence-electron chi connectivity index (χ0n) is 8.93. The lowest BCUT2D eigenvalue weighted by atomic mass is 10.1. The topological polar surface area (TPSA) is 0 Å². The zero-order valence-corrected chi connectivity index (χ0v) is 8.93. The summed E-state index contributed by atoms with van der Waals surface area (Å²) >= 11 is 0. The third kappa shape index (κ3) is 9.48. The van der Waals surface area contributed by atoms with Gasteiger partial charge < -0.3 is 0 Å². The van der Waals surface area contributed by atoms with Crippen molar-refractivity contribution in [2.45, 2.75) is 47.0 Å². The molecule has 0 aliphatic rings. The Labute approximate surface area is 77.4 Å². The maximum Gasteiger partial charge on any atom is -0.0290 e. The Morgan fingerprint density at radius 3 is 2.33 bits per heavy atom. The lowest BCUT2D eigenvalue weighted by Gasteiger charge is -1.94. The fourth-order valence-electron chi connectivity index (χ4n) is 0.995. The molecule has 0 heterocycles. The molecule has 70 valence electrons. The van der Waals surface area contributed by atoms with Crippen LogP contribution >= 0.6 is 0 Å². The highest BCUT2D eigenvalue weighted by molar-refractivity contribution is 4.93. The maximum absolute atomic E-state index is 2.31. The van der Waals surface area contributed by atoms with Gasteiger partial charge in [-0.3, -0.25) is 0 Å². The fraction of sp³-hybridized carbons (Fsp3) is 0.667. The lowest BCUT2D eigenvalue weighted by molar-refractivity contribution is 0.807. The molecule has 0 aliphatic carbocycles. The van der Waals surface area contributed by atoms with Gasteiger partial charge in [-0.05, 0) is 39.0 Å². The van der Waals surface area contributed by atoms with Crippen LogP contribution in [-0.4, -0.2) is 0 Å². The molecule has 0 saturated carbocycles. The van der Waals surface area contributed by atoms with E-state index in [4.69, 9.17) is 0 Å². The third-order valence-corrected chi connectivity index (χ3v) is 1.65. The Morgan fingerprint density at radius 2 is 1.83 bits per heavy atom. The summed E-state index contributed by atoms with van der Waals surface area (Å²) in [7, 11) is 0. The van der Waals surface area contributed by atoms with Crippen LogP contribution in [-0.2, 0) is 0 Å². The second-order valence-electron chi connectivity index (χ2n) is 3.88. The summed E-state index contributed by atoms with van der Waals surface area (Å²) in [6.45, 7) is 8.74. The summed E-state index contributed by atoms with van der Waals surface area (Å²) in [6, 6.07) is 0. The van der Waals surface area contributed by atoms with E-state index in [2.05, 4.69) is 45.9 Å². The van der Waals surface area contributed by atoms with Gasteiger partial charge in [-0.15, -0.1) is 0 Å². The third-order valence-electron chi connectivity index (χ3n) is 1.65. The minimum Gasteiger partial charge on any atom is -0.0883 e. The quantitative estimate of drug-likeness (QED) is 0.421. The Balaban J connectivity index is 3.28. The van der Waals surface area contributed by atoms with Crippen molar-refractivity contribution in [2.75, 3.05) is 0 Å². The number of allylic oxidation sites excluding steroid dienone is 4. The first-order valence-electron chi connectivity index (χ1n) is 4.93. The van der Waals surface area contributed by atoms with E-state index in [1.807, 2.05) is 0 Å². The Bertz CT molecular complexity index is 145. The average molecular weight is 166 g/mol. The van der Waals surface area contributed by atoms with Crippen molar-refractivity contribution in [3.8, 4) is 0 Å². The van der Waals surface area contributed by atoms with Crippen LogP contribution in [0.5, 0.6) is 0 Å². The van der Waals surface area contributed by atoms with E-state index in [1.54, 1.807) is 0 Å². The monoisotopic (exact) mass is 166 g/mol. The smallest absolute Gasteiger partial charge is 0.0290 e. The van der Waals surface area contributed by atoms with Crippen LogP contribution in [0.2, 0.25) is 0 Å². The number of unbranched alkanes of at least 4 members (excludes halogenated alkanes) is 2. The zero-order chi connectivity index (χ0) is 9.40. The predicted octanol–water partition coefficient (Wildman–Crippen LogP) is 4.34. The molecule has 0 spiro atoms. The highest BCUT2D eigenvalue weighted by atomic mass is 13.9. The molecule has 0 bridgehead atoms. The number of rotatable bonds is 5. The highest BCUT2D eigenvalue weighted by Crippen LogP contribution is 2.03. The van der Waals surface area contributed by atoms with Crippen LogP contribution < -0.4 is 0 Å². The number of hydrogen-bond donors (Lipinski definition) is 0. The van der Waals surface area contributed by atoms with Gasteiger partial charge in [0.15, 0.2) is 0 Å². The van der Waals surface area contributed by atoms with Gasteiger partial charge in [-0.25, -0.2) is 0 Å². The molecule has 0 nitrogen and oxygen atoms in total. The molecule has 0 aliphatic heterocycles. The lowest BCUT2D eigenvalue weighted by Crippen LogP contribution is -1.77. The molecule has 0 N–H and O–H groups in total. The van der Waals surface area contributed by atoms with E-state index in [9.17, 15) is 0 Å². The van der Waals surface area contributed by atoms with Crippen molar-refractivity contribution < 1.29 is 0 Å². The van der Waals surface area contributed by atoms with E-state index in [-0.39, 0.29) is 0 Å². The van der Waals surface area contributed by atoms with Crippen molar-refractivity contribution in [1.82, 2.24) is 0 Å². The van der Waals surface area contributed by atoms with Gasteiger partial charge in [0.2, 0.25) is 0 Å². The first kappa shape index (κ1) is 11.5. The predicted molar refractivity (Wildman–Crippen MR) is 57.3 cm³/mol. The molecule has 0 aromatic heterocycles. The summed E-state index contributed by atoms with van der Waals surface area (Å²) in [4.78, 5) is 0. The molecule has 0 radical (unpaired) electrons. The van der Waals surface area contributed by atoms with Crippen molar-refractivity contribution >= 4 is 0 Å². The van der Waals surface area contributed by atoms with Crippen LogP contribution in [0.15, 0.2) is 23.8 Å². The molecule has 0 aromatic rings.